The maximum atomic E-state index is 12.7. The van der Waals surface area contributed by atoms with Gasteiger partial charge in [-0.25, -0.2) is 4.98 Å². The van der Waals surface area contributed by atoms with Gasteiger partial charge in [0.05, 0.1) is 6.42 Å². The van der Waals surface area contributed by atoms with Crippen LogP contribution in [0.25, 0.3) is 0 Å². The van der Waals surface area contributed by atoms with Crippen molar-refractivity contribution >= 4 is 35.0 Å². The number of carbonyl (C=O) groups excluding carboxylic acids is 1. The normalized spacial score (nSPS) is 13.9. The van der Waals surface area contributed by atoms with Crippen molar-refractivity contribution in [2.45, 2.75) is 20.3 Å². The maximum absolute atomic E-state index is 12.7. The van der Waals surface area contributed by atoms with E-state index in [1.54, 1.807) is 0 Å². The van der Waals surface area contributed by atoms with Gasteiger partial charge in [-0.1, -0.05) is 47.5 Å². The van der Waals surface area contributed by atoms with Crippen molar-refractivity contribution in [3.8, 4) is 0 Å². The van der Waals surface area contributed by atoms with Crippen molar-refractivity contribution < 1.29 is 4.79 Å². The van der Waals surface area contributed by atoms with E-state index >= 15 is 0 Å². The molecule has 1 amide bonds. The molecule has 0 spiro atoms. The second-order valence-electron chi connectivity index (χ2n) is 7.82. The molecular formula is C24H26ClN5O. The van der Waals surface area contributed by atoms with Gasteiger partial charge in [-0.2, -0.15) is 4.98 Å². The highest BCUT2D eigenvalue weighted by Gasteiger charge is 2.23. The van der Waals surface area contributed by atoms with Crippen LogP contribution in [0.15, 0.2) is 54.6 Å². The highest BCUT2D eigenvalue weighted by Crippen LogP contribution is 2.21. The van der Waals surface area contributed by atoms with Gasteiger partial charge in [-0.3, -0.25) is 4.79 Å². The van der Waals surface area contributed by atoms with Crippen LogP contribution < -0.4 is 10.2 Å². The van der Waals surface area contributed by atoms with Gasteiger partial charge in [0.15, 0.2) is 0 Å². The summed E-state index contributed by atoms with van der Waals surface area (Å²) in [7, 11) is 0. The summed E-state index contributed by atoms with van der Waals surface area (Å²) in [6.07, 6.45) is 0.325. The monoisotopic (exact) mass is 435 g/mol. The van der Waals surface area contributed by atoms with E-state index in [1.165, 1.54) is 5.56 Å². The van der Waals surface area contributed by atoms with Crippen LogP contribution in [-0.2, 0) is 11.2 Å². The summed E-state index contributed by atoms with van der Waals surface area (Å²) in [5, 5.41) is 3.99. The highest BCUT2D eigenvalue weighted by atomic mass is 35.5. The predicted octanol–water partition coefficient (Wildman–Crippen LogP) is 4.38. The number of aromatic nitrogens is 2. The smallest absolute Gasteiger partial charge is 0.227 e. The molecule has 0 atom stereocenters. The first kappa shape index (κ1) is 21.1. The van der Waals surface area contributed by atoms with E-state index in [4.69, 9.17) is 16.6 Å². The Bertz CT molecular complexity index is 1060. The van der Waals surface area contributed by atoms with E-state index < -0.39 is 0 Å². The van der Waals surface area contributed by atoms with E-state index in [0.29, 0.717) is 43.6 Å². The molecule has 1 aromatic heterocycles. The molecule has 1 fully saturated rings. The van der Waals surface area contributed by atoms with Crippen LogP contribution in [0, 0.1) is 13.8 Å². The Morgan fingerprint density at radius 2 is 1.71 bits per heavy atom. The van der Waals surface area contributed by atoms with E-state index in [-0.39, 0.29) is 5.91 Å². The van der Waals surface area contributed by atoms with E-state index in [9.17, 15) is 4.79 Å². The number of amides is 1. The van der Waals surface area contributed by atoms with Crippen LogP contribution in [0.1, 0.15) is 16.8 Å². The fourth-order valence-electron chi connectivity index (χ4n) is 3.62. The number of carbonyl (C=O) groups is 1. The average Bonchev–Trinajstić information content (AvgIpc) is 2.77. The summed E-state index contributed by atoms with van der Waals surface area (Å²) in [4.78, 5) is 26.1. The highest BCUT2D eigenvalue weighted by molar-refractivity contribution is 6.31. The number of piperazine rings is 1. The summed E-state index contributed by atoms with van der Waals surface area (Å²) in [5.41, 5.74) is 3.97. The Kier molecular flexibility index (Phi) is 6.37. The van der Waals surface area contributed by atoms with Crippen LogP contribution in [0.5, 0.6) is 0 Å². The molecule has 4 rings (SSSR count). The number of halogens is 1. The molecule has 6 nitrogen and oxygen atoms in total. The summed E-state index contributed by atoms with van der Waals surface area (Å²) in [6, 6.07) is 17.6. The summed E-state index contributed by atoms with van der Waals surface area (Å²) >= 11 is 6.20. The van der Waals surface area contributed by atoms with E-state index in [2.05, 4.69) is 34.3 Å². The number of aryl methyl sites for hydroxylation is 2. The number of anilines is 3. The summed E-state index contributed by atoms with van der Waals surface area (Å²) in [5.74, 6) is 1.55. The first-order valence-electron chi connectivity index (χ1n) is 10.4. The van der Waals surface area contributed by atoms with Gasteiger partial charge in [-0.15, -0.1) is 0 Å². The molecule has 31 heavy (non-hydrogen) atoms. The lowest BCUT2D eigenvalue weighted by Crippen LogP contribution is -2.49. The number of hydrogen-bond donors (Lipinski definition) is 1. The molecule has 1 aliphatic rings. The van der Waals surface area contributed by atoms with Gasteiger partial charge in [0.25, 0.3) is 0 Å². The molecule has 2 heterocycles. The molecule has 1 N–H and O–H groups in total. The standard InChI is InChI=1S/C24H26ClN5O/c1-17-7-9-20(10-8-17)27-22-15-18(2)26-24(28-22)30-13-11-29(12-14-30)23(31)16-19-5-3-4-6-21(19)25/h3-10,15H,11-14,16H2,1-2H3,(H,26,27,28). The van der Waals surface area contributed by atoms with Crippen molar-refractivity contribution in [3.05, 3.63) is 76.4 Å². The zero-order valence-corrected chi connectivity index (χ0v) is 18.6. The van der Waals surface area contributed by atoms with Crippen LogP contribution in [0.2, 0.25) is 5.02 Å². The molecule has 2 aromatic carbocycles. The van der Waals surface area contributed by atoms with Crippen LogP contribution in [0.4, 0.5) is 17.5 Å². The molecule has 160 valence electrons. The van der Waals surface area contributed by atoms with Crippen molar-refractivity contribution in [1.29, 1.82) is 0 Å². The fraction of sp³-hybridized carbons (Fsp3) is 0.292. The third-order valence-electron chi connectivity index (χ3n) is 5.38. The van der Waals surface area contributed by atoms with Crippen LogP contribution >= 0.6 is 11.6 Å². The zero-order valence-electron chi connectivity index (χ0n) is 17.8. The first-order chi connectivity index (χ1) is 15.0. The molecule has 7 heteroatoms. The van der Waals surface area contributed by atoms with Crippen LogP contribution in [0.3, 0.4) is 0 Å². The molecule has 0 unspecified atom stereocenters. The van der Waals surface area contributed by atoms with Crippen molar-refractivity contribution in [2.24, 2.45) is 0 Å². The van der Waals surface area contributed by atoms with Gasteiger partial charge in [0.1, 0.15) is 5.82 Å². The second-order valence-corrected chi connectivity index (χ2v) is 8.23. The molecule has 0 aliphatic carbocycles. The number of nitrogens with one attached hydrogen (secondary N) is 1. The largest absolute Gasteiger partial charge is 0.340 e. The molecule has 0 bridgehead atoms. The zero-order chi connectivity index (χ0) is 21.8. The van der Waals surface area contributed by atoms with E-state index in [0.717, 1.165) is 22.8 Å². The number of benzene rings is 2. The molecular weight excluding hydrogens is 410 g/mol. The van der Waals surface area contributed by atoms with Crippen molar-refractivity contribution in [2.75, 3.05) is 36.4 Å². The van der Waals surface area contributed by atoms with Crippen LogP contribution in [-0.4, -0.2) is 47.0 Å². The minimum atomic E-state index is 0.0969. The SMILES string of the molecule is Cc1ccc(Nc2cc(C)nc(N3CCN(C(=O)Cc4ccccc4Cl)CC3)n2)cc1. The Balaban J connectivity index is 1.39. The molecule has 0 saturated carbocycles. The summed E-state index contributed by atoms with van der Waals surface area (Å²) in [6.45, 7) is 6.70. The van der Waals surface area contributed by atoms with Gasteiger partial charge in [-0.05, 0) is 37.6 Å². The minimum absolute atomic E-state index is 0.0969. The quantitative estimate of drug-likeness (QED) is 0.644. The lowest BCUT2D eigenvalue weighted by atomic mass is 10.1. The molecule has 0 radical (unpaired) electrons. The molecule has 1 saturated heterocycles. The fourth-order valence-corrected chi connectivity index (χ4v) is 3.82. The van der Waals surface area contributed by atoms with Crippen molar-refractivity contribution in [1.82, 2.24) is 14.9 Å². The van der Waals surface area contributed by atoms with Gasteiger partial charge < -0.3 is 15.1 Å². The Morgan fingerprint density at radius 3 is 2.42 bits per heavy atom. The minimum Gasteiger partial charge on any atom is -0.340 e. The van der Waals surface area contributed by atoms with E-state index in [1.807, 2.05) is 54.3 Å². The maximum Gasteiger partial charge on any atom is 0.227 e. The Labute approximate surface area is 187 Å². The van der Waals surface area contributed by atoms with Gasteiger partial charge in [0.2, 0.25) is 11.9 Å². The summed E-state index contributed by atoms with van der Waals surface area (Å²) < 4.78 is 0. The average molecular weight is 436 g/mol. The Morgan fingerprint density at radius 1 is 1.00 bits per heavy atom. The third-order valence-corrected chi connectivity index (χ3v) is 5.75. The molecule has 1 aliphatic heterocycles. The topological polar surface area (TPSA) is 61.4 Å². The molecule has 3 aromatic rings. The Hall–Kier alpha value is -3.12. The lowest BCUT2D eigenvalue weighted by Gasteiger charge is -2.35. The number of nitrogens with zero attached hydrogens (tertiary/aromatic N) is 4. The lowest BCUT2D eigenvalue weighted by molar-refractivity contribution is -0.130. The van der Waals surface area contributed by atoms with Gasteiger partial charge >= 0.3 is 0 Å². The third kappa shape index (κ3) is 5.33. The second kappa shape index (κ2) is 9.35. The number of hydrogen-bond acceptors (Lipinski definition) is 5. The predicted molar refractivity (Wildman–Crippen MR) is 125 cm³/mol. The number of rotatable bonds is 5. The first-order valence-corrected chi connectivity index (χ1v) is 10.8. The van der Waals surface area contributed by atoms with Gasteiger partial charge in [0, 0.05) is 48.6 Å². The van der Waals surface area contributed by atoms with Crippen molar-refractivity contribution in [3.63, 3.8) is 0 Å².